The molecule has 2 saturated carbocycles. The molecule has 1 aromatic carbocycles. The van der Waals surface area contributed by atoms with Gasteiger partial charge in [0.2, 0.25) is 0 Å². The van der Waals surface area contributed by atoms with E-state index in [1.165, 1.54) is 36.2 Å². The third-order valence-corrected chi connectivity index (χ3v) is 15.0. The minimum Gasteiger partial charge on any atom is -0.456 e. The van der Waals surface area contributed by atoms with Crippen LogP contribution in [0.25, 0.3) is 0 Å². The molecule has 378 valence electrons. The predicted octanol–water partition coefficient (Wildman–Crippen LogP) is 4.61. The quantitative estimate of drug-likeness (QED) is 0.111. The van der Waals surface area contributed by atoms with E-state index in [1.54, 1.807) is 59.7 Å². The monoisotopic (exact) mass is 977 g/mol. The molecule has 69 heavy (non-hydrogen) atoms. The van der Waals surface area contributed by atoms with Gasteiger partial charge in [-0.15, -0.1) is 0 Å². The van der Waals surface area contributed by atoms with Gasteiger partial charge in [0.15, 0.2) is 23.6 Å². The van der Waals surface area contributed by atoms with Crippen LogP contribution in [0.1, 0.15) is 96.7 Å². The van der Waals surface area contributed by atoms with Crippen molar-refractivity contribution in [3.8, 4) is 0 Å². The fourth-order valence-corrected chi connectivity index (χ4v) is 11.7. The number of alkyl carbamates (subject to hydrolysis) is 1. The van der Waals surface area contributed by atoms with E-state index in [-0.39, 0.29) is 25.1 Å². The van der Waals surface area contributed by atoms with Gasteiger partial charge in [-0.25, -0.2) is 18.8 Å². The molecule has 4 N–H and O–H groups in total. The minimum atomic E-state index is -4.90. The normalized spacial score (nSPS) is 34.4. The van der Waals surface area contributed by atoms with Gasteiger partial charge in [-0.3, -0.25) is 14.7 Å². The number of amides is 1. The second-order valence-corrected chi connectivity index (χ2v) is 21.0. The van der Waals surface area contributed by atoms with Crippen LogP contribution in [0.5, 0.6) is 0 Å². The molecule has 0 spiro atoms. The molecule has 3 aliphatic carbocycles. The van der Waals surface area contributed by atoms with Crippen molar-refractivity contribution in [1.82, 2.24) is 15.2 Å². The van der Waals surface area contributed by atoms with Gasteiger partial charge in [-0.1, -0.05) is 39.0 Å². The summed E-state index contributed by atoms with van der Waals surface area (Å²) in [7, 11) is 0. The fraction of sp³-hybridized carbons (Fsp3) is 0.646. The van der Waals surface area contributed by atoms with Crippen LogP contribution < -0.4 is 5.32 Å². The van der Waals surface area contributed by atoms with Crippen molar-refractivity contribution >= 4 is 24.0 Å². The molecular weight excluding hydrogens is 919 g/mol. The Hall–Kier alpha value is -4.77. The highest BCUT2D eigenvalue weighted by Gasteiger charge is 2.77. The molecule has 17 nitrogen and oxygen atoms in total. The highest BCUT2D eigenvalue weighted by Crippen LogP contribution is 2.67. The standard InChI is InChI=1S/C48H59F4N3O14/c1-24-28(64-40(59)34(57)33(32-27(49)15-12-18-53-32)54-41(60)69-42(3,4)5)19-47(62)38(67-39(58)26-13-10-9-11-14-26)36-44(8,17-16-29-46(36,23-63-29)68-25(2)56)37-35(31(24)43(47,6)7)65-30(66-37)20-55-21-45(61,22-55)48(50,51)52/h9-15,18,28-30,33-38,57,61-62H,16-17,19-23H2,1-8H3,(H,54,60)/t28-,29+,30+,33-,34+,35+,36-,37+,38-,44+,46-,47+/m0/s1. The number of likely N-dealkylation sites (tertiary alicyclic amines) is 1. The summed E-state index contributed by atoms with van der Waals surface area (Å²) < 4.78 is 101. The first-order chi connectivity index (χ1) is 32.0. The summed E-state index contributed by atoms with van der Waals surface area (Å²) in [4.78, 5) is 60.5. The summed E-state index contributed by atoms with van der Waals surface area (Å²) in [6.07, 6.45) is -14.6. The molecular formula is C48H59F4N3O14. The van der Waals surface area contributed by atoms with Gasteiger partial charge in [-0.2, -0.15) is 13.2 Å². The van der Waals surface area contributed by atoms with Gasteiger partial charge in [-0.05, 0) is 75.9 Å². The number of carbonyl (C=O) groups is 4. The second-order valence-electron chi connectivity index (χ2n) is 21.0. The molecule has 8 rings (SSSR count). The average molecular weight is 978 g/mol. The lowest BCUT2D eigenvalue weighted by molar-refractivity contribution is -0.346. The molecule has 1 amide bonds. The zero-order valence-electron chi connectivity index (χ0n) is 39.5. The van der Waals surface area contributed by atoms with Crippen LogP contribution in [0.4, 0.5) is 22.4 Å². The number of hydrogen-bond acceptors (Lipinski definition) is 16. The molecule has 0 radical (unpaired) electrons. The minimum absolute atomic E-state index is 0.104. The van der Waals surface area contributed by atoms with E-state index in [2.05, 4.69) is 10.3 Å². The number of pyridine rings is 1. The molecule has 0 unspecified atom stereocenters. The number of nitrogens with one attached hydrogen (secondary N) is 1. The lowest BCUT2D eigenvalue weighted by Gasteiger charge is -2.68. The van der Waals surface area contributed by atoms with Crippen LogP contribution in [0.15, 0.2) is 59.8 Å². The van der Waals surface area contributed by atoms with Gasteiger partial charge in [0, 0.05) is 50.0 Å². The van der Waals surface area contributed by atoms with Gasteiger partial charge in [0.1, 0.15) is 53.2 Å². The smallest absolute Gasteiger partial charge is 0.419 e. The molecule has 2 aromatic rings. The SMILES string of the molecule is CC(=O)O[C@@]12CO[C@@H]1CC[C@@]1(C)[C@@H]3O[C@H](CN4CC(O)(C(F)(F)F)C4)O[C@@H]3C3=C(C)[C@@H](OC(=O)[C@H](O)[C@@H](NC(=O)OC(C)(C)C)c4ncccc4F)C[C@@](O)([C@@H](OC(=O)c4ccccc4)[C@@H]12)C3(C)C. The fourth-order valence-electron chi connectivity index (χ4n) is 11.7. The first kappa shape index (κ1) is 50.6. The number of aliphatic hydroxyl groups is 3. The van der Waals surface area contributed by atoms with Crippen molar-refractivity contribution in [3.05, 3.63) is 76.9 Å². The Morgan fingerprint density at radius 2 is 1.68 bits per heavy atom. The van der Waals surface area contributed by atoms with Gasteiger partial charge < -0.3 is 53.8 Å². The molecule has 2 bridgehead atoms. The number of nitrogens with zero attached hydrogens (tertiary/aromatic N) is 2. The second kappa shape index (κ2) is 17.5. The maximum atomic E-state index is 15.4. The summed E-state index contributed by atoms with van der Waals surface area (Å²) in [6.45, 7) is 10.7. The van der Waals surface area contributed by atoms with Crippen molar-refractivity contribution in [2.45, 2.75) is 152 Å². The third-order valence-electron chi connectivity index (χ3n) is 15.0. The van der Waals surface area contributed by atoms with E-state index >= 15 is 4.39 Å². The number of aromatic nitrogens is 1. The number of alkyl halides is 3. The highest BCUT2D eigenvalue weighted by atomic mass is 19.4. The zero-order valence-corrected chi connectivity index (χ0v) is 39.5. The molecule has 5 fully saturated rings. The van der Waals surface area contributed by atoms with Gasteiger partial charge >= 0.3 is 30.2 Å². The summed E-state index contributed by atoms with van der Waals surface area (Å²) in [5, 5.41) is 38.3. The lowest BCUT2D eigenvalue weighted by Crippen LogP contribution is -2.79. The van der Waals surface area contributed by atoms with Crippen molar-refractivity contribution < 1.29 is 85.2 Å². The Kier molecular flexibility index (Phi) is 12.8. The van der Waals surface area contributed by atoms with E-state index in [9.17, 15) is 47.7 Å². The molecule has 4 heterocycles. The third kappa shape index (κ3) is 8.68. The predicted molar refractivity (Wildman–Crippen MR) is 230 cm³/mol. The number of rotatable bonds is 10. The van der Waals surface area contributed by atoms with Crippen molar-refractivity contribution in [2.24, 2.45) is 16.7 Å². The van der Waals surface area contributed by atoms with Crippen molar-refractivity contribution in [1.29, 1.82) is 0 Å². The number of esters is 3. The van der Waals surface area contributed by atoms with Crippen molar-refractivity contribution in [2.75, 3.05) is 26.2 Å². The molecule has 12 atom stereocenters. The van der Waals surface area contributed by atoms with E-state index in [1.807, 2.05) is 6.92 Å². The van der Waals surface area contributed by atoms with E-state index in [0.29, 0.717) is 17.6 Å². The first-order valence-electron chi connectivity index (χ1n) is 22.9. The molecule has 3 saturated heterocycles. The number of β-amino-alcohol motifs (C(OH)–C–C–N with tert-alkyl or cyclic N) is 1. The van der Waals surface area contributed by atoms with Crippen LogP contribution in [-0.4, -0.2) is 147 Å². The Labute approximate surface area is 395 Å². The zero-order chi connectivity index (χ0) is 50.4. The van der Waals surface area contributed by atoms with Gasteiger partial charge in [0.25, 0.3) is 0 Å². The number of benzene rings is 1. The van der Waals surface area contributed by atoms with Crippen LogP contribution in [0, 0.1) is 22.6 Å². The van der Waals surface area contributed by atoms with Crippen LogP contribution in [0.2, 0.25) is 0 Å². The van der Waals surface area contributed by atoms with Crippen molar-refractivity contribution in [3.63, 3.8) is 0 Å². The average Bonchev–Trinajstić information content (AvgIpc) is 3.65. The lowest BCUT2D eigenvalue weighted by atomic mass is 9.45. The Morgan fingerprint density at radius 1 is 1.00 bits per heavy atom. The van der Waals surface area contributed by atoms with E-state index in [0.717, 1.165) is 6.07 Å². The summed E-state index contributed by atoms with van der Waals surface area (Å²) in [5.41, 5.74) is -10.5. The highest BCUT2D eigenvalue weighted by molar-refractivity contribution is 5.89. The maximum absolute atomic E-state index is 15.4. The number of ether oxygens (including phenoxy) is 7. The summed E-state index contributed by atoms with van der Waals surface area (Å²) in [6, 6.07) is 8.34. The maximum Gasteiger partial charge on any atom is 0.419 e. The number of fused-ring (bicyclic) bond motifs is 8. The number of halogens is 4. The Bertz CT molecular complexity index is 2370. The van der Waals surface area contributed by atoms with Crippen LogP contribution >= 0.6 is 0 Å². The first-order valence-corrected chi connectivity index (χ1v) is 22.9. The molecule has 21 heteroatoms. The molecule has 3 aliphatic heterocycles. The number of hydrogen-bond donors (Lipinski definition) is 4. The largest absolute Gasteiger partial charge is 0.456 e. The number of carbonyl (C=O) groups excluding carboxylic acids is 4. The summed E-state index contributed by atoms with van der Waals surface area (Å²) in [5.74, 6) is -5.14. The molecule has 6 aliphatic rings. The van der Waals surface area contributed by atoms with E-state index in [4.69, 9.17) is 33.2 Å². The molecule has 1 aromatic heterocycles. The van der Waals surface area contributed by atoms with Gasteiger partial charge in [0.05, 0.1) is 24.2 Å². The van der Waals surface area contributed by atoms with Crippen LogP contribution in [-0.2, 0) is 42.7 Å². The summed E-state index contributed by atoms with van der Waals surface area (Å²) >= 11 is 0. The van der Waals surface area contributed by atoms with Crippen LogP contribution in [0.3, 0.4) is 0 Å². The topological polar surface area (TPSA) is 222 Å². The Balaban J connectivity index is 1.26. The van der Waals surface area contributed by atoms with E-state index < -0.39 is 149 Å². The number of aliphatic hydroxyl groups excluding tert-OH is 1. The Morgan fingerprint density at radius 3 is 2.28 bits per heavy atom.